The summed E-state index contributed by atoms with van der Waals surface area (Å²) in [7, 11) is 2.83. The lowest BCUT2D eigenvalue weighted by molar-refractivity contribution is 0.0603. The van der Waals surface area contributed by atoms with Crippen LogP contribution in [0.15, 0.2) is 35.4 Å². The zero-order chi connectivity index (χ0) is 24.4. The van der Waals surface area contributed by atoms with E-state index in [-0.39, 0.29) is 35.0 Å². The molecule has 1 fully saturated rings. The number of rotatable bonds is 7. The normalized spacial score (nSPS) is 16.0. The molecular formula is C24H29N5O5. The topological polar surface area (TPSA) is 122 Å². The van der Waals surface area contributed by atoms with Gasteiger partial charge >= 0.3 is 5.97 Å². The van der Waals surface area contributed by atoms with E-state index in [1.54, 1.807) is 28.8 Å². The number of ketones is 1. The molecule has 10 nitrogen and oxygen atoms in total. The van der Waals surface area contributed by atoms with Crippen molar-refractivity contribution in [3.8, 4) is 5.75 Å². The molecule has 3 aromatic rings. The van der Waals surface area contributed by atoms with Gasteiger partial charge in [0.1, 0.15) is 28.2 Å². The second-order valence-corrected chi connectivity index (χ2v) is 8.31. The van der Waals surface area contributed by atoms with Crippen molar-refractivity contribution in [2.45, 2.75) is 38.9 Å². The van der Waals surface area contributed by atoms with E-state index in [4.69, 9.17) is 15.2 Å². The lowest BCUT2D eigenvalue weighted by atomic mass is 10.1. The van der Waals surface area contributed by atoms with Gasteiger partial charge in [0.25, 0.3) is 5.56 Å². The van der Waals surface area contributed by atoms with E-state index in [1.165, 1.54) is 25.1 Å². The molecule has 0 spiro atoms. The van der Waals surface area contributed by atoms with Crippen LogP contribution >= 0.6 is 0 Å². The number of piperidine rings is 1. The number of carbonyl (C=O) groups excluding carboxylic acids is 2. The molecule has 1 aliphatic rings. The van der Waals surface area contributed by atoms with Crippen molar-refractivity contribution in [3.63, 3.8) is 0 Å². The van der Waals surface area contributed by atoms with Crippen LogP contribution in [0.2, 0.25) is 0 Å². The summed E-state index contributed by atoms with van der Waals surface area (Å²) in [4.78, 5) is 45.7. The summed E-state index contributed by atoms with van der Waals surface area (Å²) in [5.74, 6) is 0.315. The number of ether oxygens (including phenoxy) is 2. The lowest BCUT2D eigenvalue weighted by Gasteiger charge is -2.33. The molecule has 3 heterocycles. The monoisotopic (exact) mass is 467 g/mol. The van der Waals surface area contributed by atoms with Gasteiger partial charge in [-0.05, 0) is 31.9 Å². The van der Waals surface area contributed by atoms with Gasteiger partial charge in [0.2, 0.25) is 0 Å². The van der Waals surface area contributed by atoms with Crippen molar-refractivity contribution in [1.82, 2.24) is 14.1 Å². The van der Waals surface area contributed by atoms with Gasteiger partial charge in [0.05, 0.1) is 27.1 Å². The molecule has 0 amide bonds. The van der Waals surface area contributed by atoms with Gasteiger partial charge in [-0.2, -0.15) is 0 Å². The van der Waals surface area contributed by atoms with Crippen molar-refractivity contribution in [3.05, 3.63) is 52.1 Å². The highest BCUT2D eigenvalue weighted by Gasteiger charge is 2.31. The second-order valence-electron chi connectivity index (χ2n) is 8.31. The zero-order valence-electron chi connectivity index (χ0n) is 19.6. The van der Waals surface area contributed by atoms with Crippen molar-refractivity contribution < 1.29 is 19.1 Å². The van der Waals surface area contributed by atoms with Gasteiger partial charge in [-0.1, -0.05) is 12.1 Å². The Morgan fingerprint density at radius 1 is 1.26 bits per heavy atom. The maximum atomic E-state index is 13.6. The van der Waals surface area contributed by atoms with E-state index in [2.05, 4.69) is 4.98 Å². The minimum atomic E-state index is -0.566. The average molecular weight is 468 g/mol. The third kappa shape index (κ3) is 4.16. The number of aryl methyl sites for hydroxylation is 1. The van der Waals surface area contributed by atoms with Crippen LogP contribution in [0.5, 0.6) is 5.75 Å². The first-order valence-electron chi connectivity index (χ1n) is 11.3. The maximum absolute atomic E-state index is 13.6. The van der Waals surface area contributed by atoms with Gasteiger partial charge in [0, 0.05) is 31.2 Å². The van der Waals surface area contributed by atoms with Crippen molar-refractivity contribution >= 4 is 28.6 Å². The lowest BCUT2D eigenvalue weighted by Crippen LogP contribution is -2.44. The first kappa shape index (κ1) is 23.5. The second kappa shape index (κ2) is 9.68. The molecule has 1 aromatic carbocycles. The van der Waals surface area contributed by atoms with Gasteiger partial charge in [0.15, 0.2) is 5.78 Å². The fourth-order valence-corrected chi connectivity index (χ4v) is 4.54. The number of anilines is 1. The number of benzene rings is 1. The number of nitrogens with two attached hydrogens (primary N) is 1. The SMILES string of the molecule is CCn1c(N2CCC[C@@H](N)C2)c(C(=O)OC)c2ncn(CC(=O)c3cccc(OC)c3)c(=O)c21. The molecule has 0 saturated carbocycles. The Morgan fingerprint density at radius 2 is 2.06 bits per heavy atom. The molecule has 1 atom stereocenters. The Morgan fingerprint density at radius 3 is 2.74 bits per heavy atom. The van der Waals surface area contributed by atoms with Crippen molar-refractivity contribution in [2.24, 2.45) is 5.73 Å². The third-order valence-corrected chi connectivity index (χ3v) is 6.17. The van der Waals surface area contributed by atoms with Gasteiger partial charge in [-0.3, -0.25) is 14.2 Å². The number of nitrogens with zero attached hydrogens (tertiary/aromatic N) is 4. The van der Waals surface area contributed by atoms with Crippen molar-refractivity contribution in [1.29, 1.82) is 0 Å². The molecule has 10 heteroatoms. The molecule has 1 aliphatic heterocycles. The summed E-state index contributed by atoms with van der Waals surface area (Å²) in [6, 6.07) is 6.72. The van der Waals surface area contributed by atoms with E-state index in [0.717, 1.165) is 12.8 Å². The standard InChI is InChI=1S/C24H29N5O5/c1-4-29-21-20(19(24(32)34-3)22(29)27-10-6-8-16(25)12-27)26-14-28(23(21)31)13-18(30)15-7-5-9-17(11-15)33-2/h5,7,9,11,14,16H,4,6,8,10,12-13,25H2,1-3H3/t16-/m1/s1. The van der Waals surface area contributed by atoms with Gasteiger partial charge in [-0.25, -0.2) is 9.78 Å². The molecule has 0 bridgehead atoms. The Kier molecular flexibility index (Phi) is 6.69. The van der Waals surface area contributed by atoms with Crippen LogP contribution in [0.3, 0.4) is 0 Å². The number of aromatic nitrogens is 3. The minimum absolute atomic E-state index is 0.0346. The highest BCUT2D eigenvalue weighted by Crippen LogP contribution is 2.32. The van der Waals surface area contributed by atoms with Crippen LogP contribution < -0.4 is 20.9 Å². The molecule has 2 N–H and O–H groups in total. The van der Waals surface area contributed by atoms with Crippen LogP contribution in [0, 0.1) is 0 Å². The highest BCUT2D eigenvalue weighted by atomic mass is 16.5. The quantitative estimate of drug-likeness (QED) is 0.413. The fourth-order valence-electron chi connectivity index (χ4n) is 4.54. The first-order valence-corrected chi connectivity index (χ1v) is 11.3. The largest absolute Gasteiger partial charge is 0.497 e. The van der Waals surface area contributed by atoms with E-state index in [0.29, 0.717) is 36.8 Å². The molecular weight excluding hydrogens is 438 g/mol. The fraction of sp³-hybridized carbons (Fsp3) is 0.417. The summed E-state index contributed by atoms with van der Waals surface area (Å²) in [5, 5.41) is 0. The van der Waals surface area contributed by atoms with E-state index >= 15 is 0 Å². The molecule has 0 unspecified atom stereocenters. The van der Waals surface area contributed by atoms with Crippen LogP contribution in [0.4, 0.5) is 5.82 Å². The average Bonchev–Trinajstić information content (AvgIpc) is 3.20. The minimum Gasteiger partial charge on any atom is -0.497 e. The summed E-state index contributed by atoms with van der Waals surface area (Å²) < 4.78 is 13.3. The summed E-state index contributed by atoms with van der Waals surface area (Å²) in [6.07, 6.45) is 3.08. The molecule has 0 radical (unpaired) electrons. The summed E-state index contributed by atoms with van der Waals surface area (Å²) in [6.45, 7) is 3.39. The highest BCUT2D eigenvalue weighted by molar-refractivity contribution is 6.08. The number of hydrogen-bond acceptors (Lipinski definition) is 8. The number of fused-ring (bicyclic) bond motifs is 1. The first-order chi connectivity index (χ1) is 16.4. The van der Waals surface area contributed by atoms with E-state index in [1.807, 2.05) is 11.8 Å². The number of methoxy groups -OCH3 is 2. The molecule has 34 heavy (non-hydrogen) atoms. The summed E-state index contributed by atoms with van der Waals surface area (Å²) in [5.41, 5.74) is 6.99. The molecule has 180 valence electrons. The third-order valence-electron chi connectivity index (χ3n) is 6.17. The Balaban J connectivity index is 1.83. The number of Topliss-reactive ketones (excluding diaryl/α,β-unsaturated/α-hetero) is 1. The molecule has 4 rings (SSSR count). The van der Waals surface area contributed by atoms with Crippen LogP contribution in [-0.2, 0) is 17.8 Å². The predicted molar refractivity (Wildman–Crippen MR) is 128 cm³/mol. The number of esters is 1. The molecule has 2 aromatic heterocycles. The summed E-state index contributed by atoms with van der Waals surface area (Å²) >= 11 is 0. The van der Waals surface area contributed by atoms with E-state index < -0.39 is 11.5 Å². The smallest absolute Gasteiger partial charge is 0.343 e. The van der Waals surface area contributed by atoms with Crippen molar-refractivity contribution in [2.75, 3.05) is 32.2 Å². The van der Waals surface area contributed by atoms with Crippen LogP contribution in [0.25, 0.3) is 11.0 Å². The van der Waals surface area contributed by atoms with Gasteiger partial charge < -0.3 is 24.7 Å². The van der Waals surface area contributed by atoms with Gasteiger partial charge in [-0.15, -0.1) is 0 Å². The van der Waals surface area contributed by atoms with E-state index in [9.17, 15) is 14.4 Å². The Labute approximate surface area is 196 Å². The number of carbonyl (C=O) groups is 2. The maximum Gasteiger partial charge on any atom is 0.343 e. The van der Waals surface area contributed by atoms with Crippen LogP contribution in [-0.4, -0.2) is 59.2 Å². The Bertz CT molecular complexity index is 1290. The molecule has 1 saturated heterocycles. The molecule has 0 aliphatic carbocycles. The van der Waals surface area contributed by atoms with Crippen LogP contribution in [0.1, 0.15) is 40.5 Å². The Hall–Kier alpha value is -3.66. The number of hydrogen-bond donors (Lipinski definition) is 1. The predicted octanol–water partition coefficient (Wildman–Crippen LogP) is 1.82. The zero-order valence-corrected chi connectivity index (χ0v) is 19.6.